The van der Waals surface area contributed by atoms with Gasteiger partial charge in [-0.2, -0.15) is 22.5 Å². The molecule has 0 aromatic carbocycles. The maximum absolute atomic E-state index is 12.7. The van der Waals surface area contributed by atoms with Crippen LogP contribution < -0.4 is 10.3 Å². The summed E-state index contributed by atoms with van der Waals surface area (Å²) < 4.78 is 31.6. The number of aromatic nitrogens is 2. The molecule has 3 aliphatic rings. The average Bonchev–Trinajstić information content (AvgIpc) is 2.91. The Labute approximate surface area is 161 Å². The first kappa shape index (κ1) is 19.1. The summed E-state index contributed by atoms with van der Waals surface area (Å²) in [5.74, 6) is 0. The molecule has 1 aliphatic heterocycles. The van der Waals surface area contributed by atoms with Crippen LogP contribution in [0, 0.1) is 0 Å². The van der Waals surface area contributed by atoms with Crippen molar-refractivity contribution in [3.63, 3.8) is 0 Å². The lowest BCUT2D eigenvalue weighted by Gasteiger charge is -2.31. The fourth-order valence-corrected chi connectivity index (χ4v) is 6.23. The summed E-state index contributed by atoms with van der Waals surface area (Å²) in [5, 5.41) is 4.62. The molecule has 1 saturated carbocycles. The molecule has 1 saturated heterocycles. The number of nitrogens with zero attached hydrogens (tertiary/aromatic N) is 3. The number of hydrogen-bond donors (Lipinski definition) is 1. The van der Waals surface area contributed by atoms with Gasteiger partial charge in [0, 0.05) is 25.2 Å². The van der Waals surface area contributed by atoms with Crippen molar-refractivity contribution < 1.29 is 8.42 Å². The van der Waals surface area contributed by atoms with Gasteiger partial charge in [0.25, 0.3) is 15.8 Å². The van der Waals surface area contributed by atoms with Crippen LogP contribution in [0.15, 0.2) is 10.9 Å². The van der Waals surface area contributed by atoms with Crippen LogP contribution in [-0.4, -0.2) is 41.6 Å². The molecule has 0 bridgehead atoms. The first-order valence-electron chi connectivity index (χ1n) is 10.4. The molecule has 7 nitrogen and oxygen atoms in total. The Morgan fingerprint density at radius 2 is 1.67 bits per heavy atom. The molecule has 2 heterocycles. The van der Waals surface area contributed by atoms with Crippen LogP contribution in [0.4, 0.5) is 0 Å². The second-order valence-corrected chi connectivity index (χ2v) is 9.90. The minimum absolute atomic E-state index is 0.00996. The van der Waals surface area contributed by atoms with Crippen molar-refractivity contribution in [2.75, 3.05) is 13.1 Å². The molecule has 1 aromatic heterocycles. The third kappa shape index (κ3) is 4.27. The van der Waals surface area contributed by atoms with Gasteiger partial charge in [-0.3, -0.25) is 4.79 Å². The Kier molecular flexibility index (Phi) is 5.66. The van der Waals surface area contributed by atoms with E-state index in [2.05, 4.69) is 9.82 Å². The number of nitrogens with one attached hydrogen (secondary N) is 1. The molecule has 0 unspecified atom stereocenters. The Morgan fingerprint density at radius 3 is 2.37 bits per heavy atom. The minimum atomic E-state index is -3.41. The van der Waals surface area contributed by atoms with Gasteiger partial charge in [0.2, 0.25) is 0 Å². The van der Waals surface area contributed by atoms with E-state index in [-0.39, 0.29) is 17.6 Å². The van der Waals surface area contributed by atoms with Crippen LogP contribution in [0.25, 0.3) is 0 Å². The Morgan fingerprint density at radius 1 is 0.963 bits per heavy atom. The Hall–Kier alpha value is -1.25. The number of fused-ring (bicyclic) bond motifs is 1. The third-order valence-electron chi connectivity index (χ3n) is 6.25. The molecule has 1 N–H and O–H groups in total. The van der Waals surface area contributed by atoms with Gasteiger partial charge in [0.05, 0.1) is 11.7 Å². The molecule has 27 heavy (non-hydrogen) atoms. The van der Waals surface area contributed by atoms with Crippen LogP contribution in [0.5, 0.6) is 0 Å². The SMILES string of the molecule is O=c1cc2c(nn1C1CCC(NS(=O)(=O)N3CCCCCC3)CC1)CCC2. The Balaban J connectivity index is 1.37. The Bertz CT molecular complexity index is 820. The highest BCUT2D eigenvalue weighted by molar-refractivity contribution is 7.87. The summed E-state index contributed by atoms with van der Waals surface area (Å²) >= 11 is 0. The van der Waals surface area contributed by atoms with Gasteiger partial charge in [-0.15, -0.1) is 0 Å². The van der Waals surface area contributed by atoms with Gasteiger partial charge in [0.15, 0.2) is 0 Å². The molecule has 0 radical (unpaired) electrons. The van der Waals surface area contributed by atoms with Gasteiger partial charge in [-0.05, 0) is 63.4 Å². The number of aryl methyl sites for hydroxylation is 2. The zero-order chi connectivity index (χ0) is 18.9. The first-order chi connectivity index (χ1) is 13.0. The molecule has 2 aliphatic carbocycles. The van der Waals surface area contributed by atoms with Crippen LogP contribution >= 0.6 is 0 Å². The maximum atomic E-state index is 12.7. The molecular formula is C19H30N4O3S. The van der Waals surface area contributed by atoms with Gasteiger partial charge < -0.3 is 0 Å². The average molecular weight is 395 g/mol. The molecule has 4 rings (SSSR count). The van der Waals surface area contributed by atoms with Crippen LogP contribution in [0.3, 0.4) is 0 Å². The van der Waals surface area contributed by atoms with Crippen molar-refractivity contribution in [1.29, 1.82) is 0 Å². The quantitative estimate of drug-likeness (QED) is 0.846. The van der Waals surface area contributed by atoms with E-state index in [1.165, 1.54) is 0 Å². The predicted molar refractivity (Wildman–Crippen MR) is 104 cm³/mol. The molecule has 150 valence electrons. The third-order valence-corrected chi connectivity index (χ3v) is 7.92. The summed E-state index contributed by atoms with van der Waals surface area (Å²) in [6.07, 6.45) is 10.2. The van der Waals surface area contributed by atoms with Crippen molar-refractivity contribution in [3.8, 4) is 0 Å². The molecule has 0 amide bonds. The van der Waals surface area contributed by atoms with E-state index in [9.17, 15) is 13.2 Å². The van der Waals surface area contributed by atoms with Crippen molar-refractivity contribution in [2.24, 2.45) is 0 Å². The predicted octanol–water partition coefficient (Wildman–Crippen LogP) is 1.93. The fourth-order valence-electron chi connectivity index (χ4n) is 4.68. The van der Waals surface area contributed by atoms with Crippen LogP contribution in [0.2, 0.25) is 0 Å². The normalized spacial score (nSPS) is 27.3. The second-order valence-electron chi connectivity index (χ2n) is 8.19. The van der Waals surface area contributed by atoms with E-state index in [4.69, 9.17) is 0 Å². The van der Waals surface area contributed by atoms with E-state index in [0.717, 1.165) is 81.9 Å². The summed E-state index contributed by atoms with van der Waals surface area (Å²) in [6.45, 7) is 1.25. The van der Waals surface area contributed by atoms with E-state index in [0.29, 0.717) is 13.1 Å². The van der Waals surface area contributed by atoms with Crippen molar-refractivity contribution in [2.45, 2.75) is 82.7 Å². The van der Waals surface area contributed by atoms with E-state index in [1.807, 2.05) is 0 Å². The highest BCUT2D eigenvalue weighted by atomic mass is 32.2. The lowest BCUT2D eigenvalue weighted by Crippen LogP contribution is -2.47. The van der Waals surface area contributed by atoms with E-state index >= 15 is 0 Å². The van der Waals surface area contributed by atoms with Gasteiger partial charge in [0.1, 0.15) is 0 Å². The smallest absolute Gasteiger partial charge is 0.268 e. The van der Waals surface area contributed by atoms with Crippen molar-refractivity contribution in [3.05, 3.63) is 27.7 Å². The molecule has 8 heteroatoms. The maximum Gasteiger partial charge on any atom is 0.279 e. The summed E-state index contributed by atoms with van der Waals surface area (Å²) in [6, 6.07) is 1.80. The summed E-state index contributed by atoms with van der Waals surface area (Å²) in [7, 11) is -3.41. The lowest BCUT2D eigenvalue weighted by molar-refractivity contribution is 0.280. The summed E-state index contributed by atoms with van der Waals surface area (Å²) in [4.78, 5) is 12.4. The fraction of sp³-hybridized carbons (Fsp3) is 0.789. The zero-order valence-electron chi connectivity index (χ0n) is 15.9. The lowest BCUT2D eigenvalue weighted by atomic mass is 9.92. The highest BCUT2D eigenvalue weighted by Crippen LogP contribution is 2.28. The second kappa shape index (κ2) is 8.01. The summed E-state index contributed by atoms with van der Waals surface area (Å²) in [5.41, 5.74) is 2.16. The van der Waals surface area contributed by atoms with Gasteiger partial charge >= 0.3 is 0 Å². The monoisotopic (exact) mass is 394 g/mol. The van der Waals surface area contributed by atoms with E-state index < -0.39 is 10.2 Å². The topological polar surface area (TPSA) is 84.3 Å². The first-order valence-corrected chi connectivity index (χ1v) is 11.9. The molecular weight excluding hydrogens is 364 g/mol. The van der Waals surface area contributed by atoms with Crippen molar-refractivity contribution in [1.82, 2.24) is 18.8 Å². The molecule has 0 atom stereocenters. The van der Waals surface area contributed by atoms with Crippen molar-refractivity contribution >= 4 is 10.2 Å². The van der Waals surface area contributed by atoms with Crippen LogP contribution in [-0.2, 0) is 23.1 Å². The largest absolute Gasteiger partial charge is 0.279 e. The number of rotatable bonds is 4. The number of hydrogen-bond acceptors (Lipinski definition) is 4. The van der Waals surface area contributed by atoms with E-state index in [1.54, 1.807) is 15.1 Å². The standard InChI is InChI=1S/C19H30N4O3S/c24-19-14-15-6-5-7-18(15)20-23(19)17-10-8-16(9-11-17)21-27(25,26)22-12-3-1-2-4-13-22/h14,16-17,21H,1-13H2. The molecule has 0 spiro atoms. The van der Waals surface area contributed by atoms with Gasteiger partial charge in [-0.25, -0.2) is 4.68 Å². The highest BCUT2D eigenvalue weighted by Gasteiger charge is 2.30. The van der Waals surface area contributed by atoms with Gasteiger partial charge in [-0.1, -0.05) is 12.8 Å². The zero-order valence-corrected chi connectivity index (χ0v) is 16.7. The molecule has 1 aromatic rings. The van der Waals surface area contributed by atoms with Crippen LogP contribution in [0.1, 0.15) is 75.1 Å². The minimum Gasteiger partial charge on any atom is -0.268 e. The molecule has 2 fully saturated rings.